The number of carbonyl (C=O) groups is 2. The van der Waals surface area contributed by atoms with Gasteiger partial charge in [-0.05, 0) is 55.0 Å². The van der Waals surface area contributed by atoms with E-state index in [1.165, 1.54) is 29.5 Å². The molecule has 146 valence electrons. The van der Waals surface area contributed by atoms with Gasteiger partial charge >= 0.3 is 5.97 Å². The zero-order chi connectivity index (χ0) is 19.7. The number of aromatic carboxylic acids is 1. The number of aromatic nitrogens is 3. The Bertz CT molecular complexity index is 1340. The van der Waals surface area contributed by atoms with Crippen molar-refractivity contribution < 1.29 is 14.7 Å². The number of carboxylic acid groups (broad SMARTS) is 1. The predicted octanol–water partition coefficient (Wildman–Crippen LogP) is 2.55. The number of rotatable bonds is 4. The second-order valence-electron chi connectivity index (χ2n) is 8.37. The zero-order valence-corrected chi connectivity index (χ0v) is 16.0. The van der Waals surface area contributed by atoms with Crippen molar-refractivity contribution in [1.82, 2.24) is 14.1 Å². The van der Waals surface area contributed by atoms with Crippen LogP contribution < -0.4 is 10.6 Å². The fraction of sp³-hybridized carbons (Fsp3) is 0.348. The Morgan fingerprint density at radius 2 is 2.00 bits per heavy atom. The number of benzene rings is 1. The van der Waals surface area contributed by atoms with Crippen LogP contribution in [0.25, 0.3) is 34.7 Å². The quantitative estimate of drug-likeness (QED) is 0.746. The molecule has 0 saturated heterocycles. The monoisotopic (exact) mass is 387 g/mol. The van der Waals surface area contributed by atoms with Crippen molar-refractivity contribution in [2.45, 2.75) is 45.2 Å². The first-order valence-electron chi connectivity index (χ1n) is 10.3. The van der Waals surface area contributed by atoms with Crippen LogP contribution in [0.1, 0.15) is 52.8 Å². The number of aryl methyl sites for hydroxylation is 1. The van der Waals surface area contributed by atoms with Crippen molar-refractivity contribution in [1.29, 1.82) is 0 Å². The highest BCUT2D eigenvalue weighted by atomic mass is 16.4. The molecule has 29 heavy (non-hydrogen) atoms. The van der Waals surface area contributed by atoms with Crippen molar-refractivity contribution >= 4 is 34.9 Å². The lowest BCUT2D eigenvalue weighted by atomic mass is 10.00. The summed E-state index contributed by atoms with van der Waals surface area (Å²) in [5, 5.41) is 12.0. The van der Waals surface area contributed by atoms with E-state index in [-0.39, 0.29) is 11.3 Å². The van der Waals surface area contributed by atoms with Crippen LogP contribution in [0.15, 0.2) is 18.2 Å². The Morgan fingerprint density at radius 3 is 2.79 bits per heavy atom. The van der Waals surface area contributed by atoms with E-state index in [9.17, 15) is 14.7 Å². The Kier molecular flexibility index (Phi) is 3.43. The van der Waals surface area contributed by atoms with E-state index < -0.39 is 5.97 Å². The molecule has 3 heterocycles. The van der Waals surface area contributed by atoms with Gasteiger partial charge in [0.1, 0.15) is 0 Å². The number of carbonyl (C=O) groups excluding carboxylic acids is 1. The number of fused-ring (bicyclic) bond motifs is 1. The molecule has 0 radical (unpaired) electrons. The fourth-order valence-corrected chi connectivity index (χ4v) is 4.74. The first-order chi connectivity index (χ1) is 14.1. The molecule has 1 N–H and O–H groups in total. The van der Waals surface area contributed by atoms with Gasteiger partial charge in [0.15, 0.2) is 11.6 Å². The van der Waals surface area contributed by atoms with Crippen LogP contribution in [0.5, 0.6) is 0 Å². The van der Waals surface area contributed by atoms with Crippen molar-refractivity contribution in [3.8, 4) is 11.5 Å². The molecule has 1 fully saturated rings. The van der Waals surface area contributed by atoms with Gasteiger partial charge in [-0.25, -0.2) is 9.78 Å². The molecule has 1 saturated carbocycles. The second kappa shape index (κ2) is 5.92. The first kappa shape index (κ1) is 16.8. The molecule has 6 rings (SSSR count). The van der Waals surface area contributed by atoms with Crippen LogP contribution >= 0.6 is 0 Å². The third-order valence-electron chi connectivity index (χ3n) is 6.36. The minimum atomic E-state index is -1.03. The number of nitrogens with zero attached hydrogens (tertiary/aromatic N) is 3. The number of Topliss-reactive ketones (excluding diaryl/α,β-unsaturated/α-hetero) is 1. The normalized spacial score (nSPS) is 17.7. The lowest BCUT2D eigenvalue weighted by Gasteiger charge is -2.17. The number of hydrogen-bond donors (Lipinski definition) is 1. The SMILES string of the molecule is O=C(O)c1cc2c3c(c1)nc(-c1cc4c(n1CC1CC1)=CCCC=4)n3CCC2=O. The van der Waals surface area contributed by atoms with Crippen molar-refractivity contribution in [3.05, 3.63) is 39.9 Å². The molecule has 1 aliphatic heterocycles. The minimum absolute atomic E-state index is 0.00799. The summed E-state index contributed by atoms with van der Waals surface area (Å²) in [4.78, 5) is 28.9. The molecule has 2 aliphatic carbocycles. The first-order valence-corrected chi connectivity index (χ1v) is 10.3. The van der Waals surface area contributed by atoms with E-state index in [1.54, 1.807) is 6.07 Å². The van der Waals surface area contributed by atoms with Crippen LogP contribution in [0.2, 0.25) is 0 Å². The molecule has 0 atom stereocenters. The molecule has 0 spiro atoms. The summed E-state index contributed by atoms with van der Waals surface area (Å²) in [5.74, 6) is 0.524. The summed E-state index contributed by atoms with van der Waals surface area (Å²) < 4.78 is 4.50. The van der Waals surface area contributed by atoms with E-state index in [4.69, 9.17) is 4.98 Å². The van der Waals surface area contributed by atoms with E-state index in [1.807, 2.05) is 0 Å². The Balaban J connectivity index is 1.65. The molecule has 0 unspecified atom stereocenters. The van der Waals surface area contributed by atoms with Gasteiger partial charge in [0.05, 0.1) is 22.3 Å². The molecule has 3 aliphatic rings. The van der Waals surface area contributed by atoms with Crippen LogP contribution in [-0.4, -0.2) is 31.0 Å². The average Bonchev–Trinajstić information content (AvgIpc) is 3.36. The molecule has 6 nitrogen and oxygen atoms in total. The highest BCUT2D eigenvalue weighted by Gasteiger charge is 2.29. The van der Waals surface area contributed by atoms with Gasteiger partial charge in [0.25, 0.3) is 0 Å². The highest BCUT2D eigenvalue weighted by molar-refractivity contribution is 6.10. The summed E-state index contributed by atoms with van der Waals surface area (Å²) >= 11 is 0. The topological polar surface area (TPSA) is 77.1 Å². The van der Waals surface area contributed by atoms with Gasteiger partial charge < -0.3 is 14.2 Å². The van der Waals surface area contributed by atoms with Crippen LogP contribution in [0, 0.1) is 5.92 Å². The van der Waals surface area contributed by atoms with Crippen molar-refractivity contribution in [2.24, 2.45) is 5.92 Å². The van der Waals surface area contributed by atoms with Gasteiger partial charge in [-0.1, -0.05) is 12.2 Å². The number of carboxylic acids is 1. The van der Waals surface area contributed by atoms with Crippen LogP contribution in [-0.2, 0) is 13.1 Å². The smallest absolute Gasteiger partial charge is 0.335 e. The standard InChI is InChI=1S/C23H21N3O3/c27-20-7-8-25-21-16(20)9-15(23(28)29)10-17(21)24-22(25)19-11-14-3-1-2-4-18(14)26(19)12-13-5-6-13/h3-4,9-11,13H,1-2,5-8,12H2,(H,28,29). The van der Waals surface area contributed by atoms with Gasteiger partial charge in [0, 0.05) is 30.4 Å². The molecule has 3 aromatic rings. The molecule has 2 aromatic heterocycles. The van der Waals surface area contributed by atoms with E-state index >= 15 is 0 Å². The summed E-state index contributed by atoms with van der Waals surface area (Å²) in [5.41, 5.74) is 3.03. The number of imidazole rings is 1. The van der Waals surface area contributed by atoms with Crippen molar-refractivity contribution in [3.63, 3.8) is 0 Å². The lowest BCUT2D eigenvalue weighted by molar-refractivity contribution is 0.0697. The Hall–Kier alpha value is -3.15. The predicted molar refractivity (Wildman–Crippen MR) is 109 cm³/mol. The maximum Gasteiger partial charge on any atom is 0.335 e. The lowest BCUT2D eigenvalue weighted by Crippen LogP contribution is -2.31. The number of hydrogen-bond acceptors (Lipinski definition) is 3. The zero-order valence-electron chi connectivity index (χ0n) is 16.0. The molecular formula is C23H21N3O3. The van der Waals surface area contributed by atoms with Gasteiger partial charge in [0.2, 0.25) is 0 Å². The largest absolute Gasteiger partial charge is 0.478 e. The fourth-order valence-electron chi connectivity index (χ4n) is 4.74. The molecule has 0 amide bonds. The average molecular weight is 387 g/mol. The van der Waals surface area contributed by atoms with Crippen molar-refractivity contribution in [2.75, 3.05) is 0 Å². The molecule has 6 heteroatoms. The molecule has 0 bridgehead atoms. The summed E-state index contributed by atoms with van der Waals surface area (Å²) in [6, 6.07) is 5.31. The minimum Gasteiger partial charge on any atom is -0.478 e. The Morgan fingerprint density at radius 1 is 1.17 bits per heavy atom. The number of ketones is 1. The Labute approximate surface area is 166 Å². The van der Waals surface area contributed by atoms with Gasteiger partial charge in [-0.3, -0.25) is 4.79 Å². The second-order valence-corrected chi connectivity index (χ2v) is 8.37. The van der Waals surface area contributed by atoms with E-state index in [0.29, 0.717) is 24.0 Å². The maximum absolute atomic E-state index is 12.5. The van der Waals surface area contributed by atoms with Gasteiger partial charge in [-0.2, -0.15) is 0 Å². The van der Waals surface area contributed by atoms with Crippen LogP contribution in [0.4, 0.5) is 0 Å². The van der Waals surface area contributed by atoms with E-state index in [2.05, 4.69) is 27.4 Å². The molecule has 1 aromatic carbocycles. The third-order valence-corrected chi connectivity index (χ3v) is 6.36. The highest BCUT2D eigenvalue weighted by Crippen LogP contribution is 2.34. The maximum atomic E-state index is 12.5. The third kappa shape index (κ3) is 2.51. The van der Waals surface area contributed by atoms with E-state index in [0.717, 1.165) is 42.3 Å². The summed E-state index contributed by atoms with van der Waals surface area (Å²) in [6.07, 6.45) is 9.63. The van der Waals surface area contributed by atoms with Crippen LogP contribution in [0.3, 0.4) is 0 Å². The summed E-state index contributed by atoms with van der Waals surface area (Å²) in [6.45, 7) is 1.57. The summed E-state index contributed by atoms with van der Waals surface area (Å²) in [7, 11) is 0. The molecular weight excluding hydrogens is 366 g/mol. The van der Waals surface area contributed by atoms with Gasteiger partial charge in [-0.15, -0.1) is 0 Å².